The predicted molar refractivity (Wildman–Crippen MR) is 320 cm³/mol. The second-order valence-corrected chi connectivity index (χ2v) is 23.4. The molecule has 446 valence electrons. The van der Waals surface area contributed by atoms with E-state index in [1.54, 1.807) is 0 Å². The third kappa shape index (κ3) is 59.2. The lowest BCUT2D eigenvalue weighted by molar-refractivity contribution is -0.870. The van der Waals surface area contributed by atoms with E-state index < -0.39 is 24.3 Å². The minimum absolute atomic E-state index is 0.150. The summed E-state index contributed by atoms with van der Waals surface area (Å²) in [6.07, 6.45) is 69.2. The number of unbranched alkanes of at least 4 members (excludes halogenated alkanes) is 40. The highest BCUT2D eigenvalue weighted by Crippen LogP contribution is 2.18. The summed E-state index contributed by atoms with van der Waals surface area (Å²) in [6, 6.07) is 0. The molecule has 0 spiro atoms. The first kappa shape index (κ1) is 73.5. The van der Waals surface area contributed by atoms with Gasteiger partial charge in [-0.05, 0) is 51.4 Å². The monoisotopic (exact) mass is 1070 g/mol. The molecular weight excluding hydrogens is 947 g/mol. The van der Waals surface area contributed by atoms with Crippen LogP contribution in [0.1, 0.15) is 316 Å². The van der Waals surface area contributed by atoms with Gasteiger partial charge in [-0.15, -0.1) is 0 Å². The molecule has 0 bridgehead atoms. The summed E-state index contributed by atoms with van der Waals surface area (Å²) in [7, 11) is 5.94. The Balaban J connectivity index is 4.11. The average Bonchev–Trinajstić information content (AvgIpc) is 3.39. The predicted octanol–water partition coefficient (Wildman–Crippen LogP) is 18.3. The lowest BCUT2D eigenvalue weighted by Crippen LogP contribution is -2.44. The van der Waals surface area contributed by atoms with Crippen LogP contribution in [0.5, 0.6) is 0 Å². The van der Waals surface area contributed by atoms with Crippen molar-refractivity contribution in [3.8, 4) is 0 Å². The largest absolute Gasteiger partial charge is 0.545 e. The third-order valence-electron chi connectivity index (χ3n) is 14.6. The van der Waals surface area contributed by atoms with E-state index in [1.165, 1.54) is 238 Å². The first-order chi connectivity index (χ1) is 37.1. The van der Waals surface area contributed by atoms with Crippen LogP contribution in [-0.4, -0.2) is 82.3 Å². The topological polar surface area (TPSA) is 111 Å². The van der Waals surface area contributed by atoms with Crippen molar-refractivity contribution in [2.75, 3.05) is 47.5 Å². The molecule has 0 amide bonds. The van der Waals surface area contributed by atoms with Crippen LogP contribution in [0, 0.1) is 0 Å². The van der Waals surface area contributed by atoms with Gasteiger partial charge in [0.15, 0.2) is 12.4 Å². The van der Waals surface area contributed by atoms with Gasteiger partial charge in [-0.25, -0.2) is 0 Å². The van der Waals surface area contributed by atoms with Gasteiger partial charge in [-0.1, -0.05) is 288 Å². The number of allylic oxidation sites excluding steroid dienone is 6. The summed E-state index contributed by atoms with van der Waals surface area (Å²) < 4.78 is 22.8. The summed E-state index contributed by atoms with van der Waals surface area (Å²) in [5, 5.41) is 11.8. The molecule has 0 aliphatic carbocycles. The Kier molecular flexibility index (Phi) is 56.7. The number of carbonyl (C=O) groups excluding carboxylic acids is 3. The van der Waals surface area contributed by atoms with Crippen molar-refractivity contribution < 1.29 is 42.9 Å². The molecule has 0 aliphatic heterocycles. The zero-order valence-corrected chi connectivity index (χ0v) is 50.9. The van der Waals surface area contributed by atoms with Crippen molar-refractivity contribution in [1.29, 1.82) is 0 Å². The maximum Gasteiger partial charge on any atom is 0.306 e. The molecule has 0 N–H and O–H groups in total. The fourth-order valence-electron chi connectivity index (χ4n) is 9.61. The summed E-state index contributed by atoms with van der Waals surface area (Å²) in [5.41, 5.74) is 0. The first-order valence-electron chi connectivity index (χ1n) is 32.6. The van der Waals surface area contributed by atoms with Gasteiger partial charge in [-0.3, -0.25) is 9.59 Å². The van der Waals surface area contributed by atoms with E-state index in [4.69, 9.17) is 18.9 Å². The number of hydrogen-bond acceptors (Lipinski definition) is 8. The molecular formula is C67H125NO8. The number of carboxylic acids is 1. The summed E-state index contributed by atoms with van der Waals surface area (Å²) in [4.78, 5) is 37.4. The summed E-state index contributed by atoms with van der Waals surface area (Å²) in [5.74, 6) is -2.26. The van der Waals surface area contributed by atoms with Gasteiger partial charge < -0.3 is 33.3 Å². The number of hydrogen-bond donors (Lipinski definition) is 0. The molecule has 0 radical (unpaired) electrons. The van der Waals surface area contributed by atoms with E-state index in [0.29, 0.717) is 23.9 Å². The Morgan fingerprint density at radius 2 is 0.711 bits per heavy atom. The zero-order chi connectivity index (χ0) is 55.5. The van der Waals surface area contributed by atoms with Crippen LogP contribution in [0.4, 0.5) is 0 Å². The number of nitrogens with zero attached hydrogens (tertiary/aromatic N) is 1. The normalized spacial score (nSPS) is 12.9. The maximum absolute atomic E-state index is 12.9. The number of carboxylic acid groups (broad SMARTS) is 1. The fraction of sp³-hybridized carbons (Fsp3) is 0.866. The number of carbonyl (C=O) groups is 3. The molecule has 2 unspecified atom stereocenters. The van der Waals surface area contributed by atoms with Gasteiger partial charge in [0.05, 0.1) is 40.3 Å². The lowest BCUT2D eigenvalue weighted by atomic mass is 10.0. The average molecular weight is 1070 g/mol. The van der Waals surface area contributed by atoms with Crippen LogP contribution in [-0.2, 0) is 33.3 Å². The molecule has 0 aromatic rings. The van der Waals surface area contributed by atoms with Crippen molar-refractivity contribution in [2.24, 2.45) is 0 Å². The van der Waals surface area contributed by atoms with Crippen molar-refractivity contribution >= 4 is 17.9 Å². The Labute approximate surface area is 470 Å². The molecule has 9 nitrogen and oxygen atoms in total. The second kappa shape index (κ2) is 58.7. The number of quaternary nitrogens is 1. The van der Waals surface area contributed by atoms with E-state index in [2.05, 4.69) is 50.3 Å². The first-order valence-corrected chi connectivity index (χ1v) is 32.6. The van der Waals surface area contributed by atoms with Crippen LogP contribution in [0.3, 0.4) is 0 Å². The molecule has 0 aliphatic rings. The fourth-order valence-corrected chi connectivity index (χ4v) is 9.61. The van der Waals surface area contributed by atoms with E-state index >= 15 is 0 Å². The number of aliphatic carboxylic acids is 1. The highest BCUT2D eigenvalue weighted by atomic mass is 16.7. The zero-order valence-electron chi connectivity index (χ0n) is 50.9. The third-order valence-corrected chi connectivity index (χ3v) is 14.6. The minimum atomic E-state index is -1.62. The van der Waals surface area contributed by atoms with Crippen LogP contribution < -0.4 is 5.11 Å². The maximum atomic E-state index is 12.9. The lowest BCUT2D eigenvalue weighted by Gasteiger charge is -2.26. The molecule has 0 heterocycles. The van der Waals surface area contributed by atoms with Crippen LogP contribution in [0.2, 0.25) is 0 Å². The Morgan fingerprint density at radius 3 is 1.05 bits per heavy atom. The molecule has 2 atom stereocenters. The Bertz CT molecular complexity index is 1340. The van der Waals surface area contributed by atoms with Crippen molar-refractivity contribution in [3.63, 3.8) is 0 Å². The van der Waals surface area contributed by atoms with E-state index in [-0.39, 0.29) is 32.2 Å². The Morgan fingerprint density at radius 1 is 0.395 bits per heavy atom. The number of ether oxygens (including phenoxy) is 4. The standard InChI is InChI=1S/C67H125NO8/c1-6-8-10-12-14-16-18-20-22-24-26-28-29-30-31-32-33-34-35-36-37-38-40-42-44-46-48-50-52-54-56-58-65(70)76-63(62-75-67(66(71)72)73-60-59-68(3,4)5)61-74-64(69)57-55-53-51-49-47-45-43-41-39-27-25-23-21-19-17-15-13-11-9-7-2/h18,20,24,26,29-30,63,67H,6-17,19,21-23,25,27-28,31-62H2,1-5H3/b20-18-,26-24-,30-29-. The number of esters is 2. The van der Waals surface area contributed by atoms with Crippen LogP contribution in [0.25, 0.3) is 0 Å². The summed E-state index contributed by atoms with van der Waals surface area (Å²) in [6.45, 7) is 4.79. The minimum Gasteiger partial charge on any atom is -0.545 e. The molecule has 0 aromatic heterocycles. The molecule has 0 saturated carbocycles. The smallest absolute Gasteiger partial charge is 0.306 e. The quantitative estimate of drug-likeness (QED) is 0.0195. The Hall–Kier alpha value is -2.49. The molecule has 0 aromatic carbocycles. The highest BCUT2D eigenvalue weighted by Gasteiger charge is 2.22. The molecule has 0 saturated heterocycles. The van der Waals surface area contributed by atoms with Crippen molar-refractivity contribution in [3.05, 3.63) is 36.5 Å². The van der Waals surface area contributed by atoms with Crippen molar-refractivity contribution in [1.82, 2.24) is 0 Å². The van der Waals surface area contributed by atoms with Gasteiger partial charge in [0.2, 0.25) is 0 Å². The number of rotatable bonds is 61. The number of likely N-dealkylation sites (N-methyl/N-ethyl adjacent to an activating group) is 1. The van der Waals surface area contributed by atoms with Gasteiger partial charge in [0.25, 0.3) is 0 Å². The van der Waals surface area contributed by atoms with Gasteiger partial charge in [0.1, 0.15) is 13.2 Å². The SMILES string of the molecule is CCCCCCC/C=C\C/C=C\C/C=C\CCCCCCCCCCCCCCCCCCC(=O)OC(COC(=O)CCCCCCCCCCCCCCCCCCCCCC)COC(OCC[N+](C)(C)C)C(=O)[O-]. The molecule has 0 fully saturated rings. The summed E-state index contributed by atoms with van der Waals surface area (Å²) >= 11 is 0. The van der Waals surface area contributed by atoms with E-state index in [9.17, 15) is 19.5 Å². The van der Waals surface area contributed by atoms with Crippen LogP contribution in [0.15, 0.2) is 36.5 Å². The van der Waals surface area contributed by atoms with E-state index in [1.807, 2.05) is 21.1 Å². The van der Waals surface area contributed by atoms with Crippen molar-refractivity contribution in [2.45, 2.75) is 328 Å². The highest BCUT2D eigenvalue weighted by molar-refractivity contribution is 5.70. The second-order valence-electron chi connectivity index (χ2n) is 23.4. The molecule has 0 rings (SSSR count). The van der Waals surface area contributed by atoms with E-state index in [0.717, 1.165) is 44.9 Å². The van der Waals surface area contributed by atoms with Gasteiger partial charge in [-0.2, -0.15) is 0 Å². The van der Waals surface area contributed by atoms with Gasteiger partial charge in [0, 0.05) is 12.8 Å². The molecule has 76 heavy (non-hydrogen) atoms. The van der Waals surface area contributed by atoms with Crippen LogP contribution >= 0.6 is 0 Å². The molecule has 9 heteroatoms. The van der Waals surface area contributed by atoms with Gasteiger partial charge >= 0.3 is 11.9 Å².